The first-order valence-corrected chi connectivity index (χ1v) is 5.82. The van der Waals surface area contributed by atoms with Crippen LogP contribution in [0.3, 0.4) is 0 Å². The summed E-state index contributed by atoms with van der Waals surface area (Å²) < 4.78 is 13.4. The number of aliphatic hydroxyl groups is 1. The SMILES string of the molecule is CC(O)CNC1CC(c2ccccc2F)C1. The highest BCUT2D eigenvalue weighted by molar-refractivity contribution is 5.24. The number of hydrogen-bond acceptors (Lipinski definition) is 2. The lowest BCUT2D eigenvalue weighted by Gasteiger charge is -2.36. The van der Waals surface area contributed by atoms with Crippen LogP contribution in [0.15, 0.2) is 24.3 Å². The Morgan fingerprint density at radius 2 is 2.12 bits per heavy atom. The maximum absolute atomic E-state index is 13.4. The number of rotatable bonds is 4. The normalized spacial score (nSPS) is 26.2. The molecule has 0 saturated heterocycles. The summed E-state index contributed by atoms with van der Waals surface area (Å²) in [6.07, 6.45) is 1.62. The van der Waals surface area contributed by atoms with Gasteiger partial charge in [-0.05, 0) is 37.3 Å². The summed E-state index contributed by atoms with van der Waals surface area (Å²) in [7, 11) is 0. The number of halogens is 1. The predicted octanol–water partition coefficient (Wildman–Crippen LogP) is 2.04. The zero-order valence-electron chi connectivity index (χ0n) is 9.49. The molecule has 0 radical (unpaired) electrons. The van der Waals surface area contributed by atoms with Gasteiger partial charge in [0, 0.05) is 12.6 Å². The summed E-state index contributed by atoms with van der Waals surface area (Å²) in [4.78, 5) is 0. The van der Waals surface area contributed by atoms with Gasteiger partial charge in [0.05, 0.1) is 6.10 Å². The van der Waals surface area contributed by atoms with Gasteiger partial charge in [-0.2, -0.15) is 0 Å². The van der Waals surface area contributed by atoms with Crippen LogP contribution in [0.4, 0.5) is 4.39 Å². The second-order valence-electron chi connectivity index (χ2n) is 4.64. The minimum atomic E-state index is -0.312. The van der Waals surface area contributed by atoms with Gasteiger partial charge < -0.3 is 10.4 Å². The molecular weight excluding hydrogens is 205 g/mol. The van der Waals surface area contributed by atoms with E-state index in [1.165, 1.54) is 6.07 Å². The molecule has 1 atom stereocenters. The Balaban J connectivity index is 1.82. The molecule has 88 valence electrons. The lowest BCUT2D eigenvalue weighted by molar-refractivity contribution is 0.171. The highest BCUT2D eigenvalue weighted by Gasteiger charge is 2.31. The summed E-state index contributed by atoms with van der Waals surface area (Å²) in [5, 5.41) is 12.4. The van der Waals surface area contributed by atoms with E-state index in [-0.39, 0.29) is 11.9 Å². The van der Waals surface area contributed by atoms with Gasteiger partial charge >= 0.3 is 0 Å². The molecule has 2 N–H and O–H groups in total. The van der Waals surface area contributed by atoms with Crippen molar-refractivity contribution in [3.8, 4) is 0 Å². The number of benzene rings is 1. The van der Waals surface area contributed by atoms with E-state index < -0.39 is 0 Å². The first-order valence-electron chi connectivity index (χ1n) is 5.82. The van der Waals surface area contributed by atoms with E-state index >= 15 is 0 Å². The molecule has 3 heteroatoms. The van der Waals surface area contributed by atoms with Gasteiger partial charge in [0.1, 0.15) is 5.82 Å². The third-order valence-electron chi connectivity index (χ3n) is 3.19. The van der Waals surface area contributed by atoms with Crippen molar-refractivity contribution < 1.29 is 9.50 Å². The van der Waals surface area contributed by atoms with Crippen molar-refractivity contribution in [2.75, 3.05) is 6.54 Å². The van der Waals surface area contributed by atoms with Gasteiger partial charge in [0.2, 0.25) is 0 Å². The molecule has 0 aromatic heterocycles. The highest BCUT2D eigenvalue weighted by atomic mass is 19.1. The molecule has 2 rings (SSSR count). The molecular formula is C13H18FNO. The Kier molecular flexibility index (Phi) is 3.56. The molecule has 1 saturated carbocycles. The Labute approximate surface area is 95.5 Å². The van der Waals surface area contributed by atoms with E-state index in [4.69, 9.17) is 5.11 Å². The highest BCUT2D eigenvalue weighted by Crippen LogP contribution is 2.37. The quantitative estimate of drug-likeness (QED) is 0.818. The van der Waals surface area contributed by atoms with Gasteiger partial charge in [-0.1, -0.05) is 18.2 Å². The van der Waals surface area contributed by atoms with Crippen LogP contribution in [0.2, 0.25) is 0 Å². The summed E-state index contributed by atoms with van der Waals surface area (Å²) in [5.41, 5.74) is 0.831. The molecule has 2 nitrogen and oxygen atoms in total. The third-order valence-corrected chi connectivity index (χ3v) is 3.19. The molecule has 0 amide bonds. The summed E-state index contributed by atoms with van der Waals surface area (Å²) >= 11 is 0. The van der Waals surface area contributed by atoms with E-state index in [1.54, 1.807) is 13.0 Å². The molecule has 1 fully saturated rings. The van der Waals surface area contributed by atoms with Gasteiger partial charge in [0.15, 0.2) is 0 Å². The Bertz CT molecular complexity index is 348. The lowest BCUT2D eigenvalue weighted by atomic mass is 9.75. The van der Waals surface area contributed by atoms with Crippen molar-refractivity contribution in [3.63, 3.8) is 0 Å². The van der Waals surface area contributed by atoms with Crippen molar-refractivity contribution in [2.24, 2.45) is 0 Å². The standard InChI is InChI=1S/C13H18FNO/c1-9(16)8-15-11-6-10(7-11)12-4-2-3-5-13(12)14/h2-5,9-11,15-16H,6-8H2,1H3. The van der Waals surface area contributed by atoms with Crippen molar-refractivity contribution in [1.82, 2.24) is 5.32 Å². The maximum atomic E-state index is 13.4. The lowest BCUT2D eigenvalue weighted by Crippen LogP contribution is -2.43. The number of aliphatic hydroxyl groups excluding tert-OH is 1. The number of nitrogens with one attached hydrogen (secondary N) is 1. The Morgan fingerprint density at radius 3 is 2.75 bits per heavy atom. The van der Waals surface area contributed by atoms with E-state index in [1.807, 2.05) is 12.1 Å². The zero-order valence-corrected chi connectivity index (χ0v) is 9.49. The average Bonchev–Trinajstić information content (AvgIpc) is 2.17. The first-order chi connectivity index (χ1) is 7.66. The zero-order chi connectivity index (χ0) is 11.5. The second kappa shape index (κ2) is 4.93. The minimum Gasteiger partial charge on any atom is -0.392 e. The maximum Gasteiger partial charge on any atom is 0.126 e. The molecule has 0 spiro atoms. The van der Waals surface area contributed by atoms with E-state index in [2.05, 4.69) is 5.32 Å². The van der Waals surface area contributed by atoms with Crippen molar-refractivity contribution >= 4 is 0 Å². The second-order valence-corrected chi connectivity index (χ2v) is 4.64. The molecule has 1 aliphatic carbocycles. The van der Waals surface area contributed by atoms with Crippen LogP contribution in [0.25, 0.3) is 0 Å². The molecule has 1 aromatic rings. The van der Waals surface area contributed by atoms with Crippen molar-refractivity contribution in [3.05, 3.63) is 35.6 Å². The van der Waals surface area contributed by atoms with Crippen LogP contribution in [0.1, 0.15) is 31.2 Å². The predicted molar refractivity (Wildman–Crippen MR) is 61.8 cm³/mol. The average molecular weight is 223 g/mol. The monoisotopic (exact) mass is 223 g/mol. The summed E-state index contributed by atoms with van der Waals surface area (Å²) in [6.45, 7) is 2.38. The molecule has 1 unspecified atom stereocenters. The van der Waals surface area contributed by atoms with E-state index in [9.17, 15) is 4.39 Å². The van der Waals surface area contributed by atoms with Crippen LogP contribution in [0.5, 0.6) is 0 Å². The third kappa shape index (κ3) is 2.60. The fourth-order valence-electron chi connectivity index (χ4n) is 2.18. The van der Waals surface area contributed by atoms with Crippen molar-refractivity contribution in [1.29, 1.82) is 0 Å². The topological polar surface area (TPSA) is 32.3 Å². The van der Waals surface area contributed by atoms with Gasteiger partial charge in [0.25, 0.3) is 0 Å². The largest absolute Gasteiger partial charge is 0.392 e. The molecule has 16 heavy (non-hydrogen) atoms. The van der Waals surface area contributed by atoms with Gasteiger partial charge in [-0.3, -0.25) is 0 Å². The summed E-state index contributed by atoms with van der Waals surface area (Å²) in [6, 6.07) is 7.42. The Hall–Kier alpha value is -0.930. The fraction of sp³-hybridized carbons (Fsp3) is 0.538. The van der Waals surface area contributed by atoms with Crippen LogP contribution < -0.4 is 5.32 Å². The van der Waals surface area contributed by atoms with Gasteiger partial charge in [-0.25, -0.2) is 4.39 Å². The fourth-order valence-corrected chi connectivity index (χ4v) is 2.18. The summed E-state index contributed by atoms with van der Waals surface area (Å²) in [5.74, 6) is 0.245. The molecule has 0 bridgehead atoms. The first kappa shape index (κ1) is 11.6. The van der Waals surface area contributed by atoms with E-state index in [0.717, 1.165) is 18.4 Å². The van der Waals surface area contributed by atoms with Crippen molar-refractivity contribution in [2.45, 2.75) is 37.8 Å². The Morgan fingerprint density at radius 1 is 1.44 bits per heavy atom. The smallest absolute Gasteiger partial charge is 0.126 e. The number of hydrogen-bond donors (Lipinski definition) is 2. The van der Waals surface area contributed by atoms with Crippen LogP contribution >= 0.6 is 0 Å². The minimum absolute atomic E-state index is 0.0959. The van der Waals surface area contributed by atoms with Crippen LogP contribution in [-0.4, -0.2) is 23.8 Å². The molecule has 0 heterocycles. The van der Waals surface area contributed by atoms with E-state index in [0.29, 0.717) is 18.5 Å². The molecule has 0 aliphatic heterocycles. The molecule has 1 aliphatic rings. The molecule has 1 aromatic carbocycles. The van der Waals surface area contributed by atoms with Crippen LogP contribution in [0, 0.1) is 5.82 Å². The van der Waals surface area contributed by atoms with Crippen LogP contribution in [-0.2, 0) is 0 Å². The van der Waals surface area contributed by atoms with Gasteiger partial charge in [-0.15, -0.1) is 0 Å².